The fourth-order valence-electron chi connectivity index (χ4n) is 14.2. The molecule has 0 N–H and O–H groups in total. The second-order valence-corrected chi connectivity index (χ2v) is 28.9. The lowest BCUT2D eigenvalue weighted by Crippen LogP contribution is -2.15. The molecule has 0 atom stereocenters. The zero-order valence-electron chi connectivity index (χ0n) is 64.4. The van der Waals surface area contributed by atoms with Gasteiger partial charge in [-0.15, -0.1) is 0 Å². The average molecular weight is 1340 g/mol. The van der Waals surface area contributed by atoms with Crippen LogP contribution in [0.1, 0.15) is 114 Å². The van der Waals surface area contributed by atoms with Gasteiger partial charge in [0, 0.05) is 5.41 Å². The van der Waals surface area contributed by atoms with E-state index in [1.807, 2.05) is 0 Å². The summed E-state index contributed by atoms with van der Waals surface area (Å²) in [7, 11) is 0. The molecular formula is C103H104. The smallest absolute Gasteiger partial charge is 0.0159 e. The van der Waals surface area contributed by atoms with Crippen LogP contribution in [0.2, 0.25) is 0 Å². The van der Waals surface area contributed by atoms with E-state index in [2.05, 4.69) is 428 Å². The third-order valence-corrected chi connectivity index (χ3v) is 20.5. The molecule has 1 aliphatic rings. The third-order valence-electron chi connectivity index (χ3n) is 20.5. The molecule has 0 aromatic heterocycles. The molecule has 16 aromatic rings. The van der Waals surface area contributed by atoms with Crippen molar-refractivity contribution in [1.82, 2.24) is 0 Å². The summed E-state index contributed by atoms with van der Waals surface area (Å²) in [6.45, 7) is 39.1. The first-order chi connectivity index (χ1) is 49.5. The van der Waals surface area contributed by atoms with Crippen molar-refractivity contribution in [2.45, 2.75) is 130 Å². The van der Waals surface area contributed by atoms with Crippen LogP contribution in [0.4, 0.5) is 0 Å². The van der Waals surface area contributed by atoms with Gasteiger partial charge < -0.3 is 0 Å². The molecular weight excluding hydrogens is 1240 g/mol. The molecule has 0 heteroatoms. The van der Waals surface area contributed by atoms with Crippen molar-refractivity contribution in [1.29, 1.82) is 0 Å². The van der Waals surface area contributed by atoms with Gasteiger partial charge in [-0.2, -0.15) is 0 Å². The van der Waals surface area contributed by atoms with Gasteiger partial charge in [-0.3, -0.25) is 0 Å². The lowest BCUT2D eigenvalue weighted by molar-refractivity contribution is 0.659. The van der Waals surface area contributed by atoms with Crippen molar-refractivity contribution in [2.75, 3.05) is 0 Å². The van der Waals surface area contributed by atoms with E-state index in [-0.39, 0.29) is 5.41 Å². The maximum absolute atomic E-state index is 2.34. The number of aryl methyl sites for hydroxylation is 16. The summed E-state index contributed by atoms with van der Waals surface area (Å²) >= 11 is 0. The van der Waals surface area contributed by atoms with Gasteiger partial charge in [0.25, 0.3) is 0 Å². The largest absolute Gasteiger partial charge is 0.0617 e. The van der Waals surface area contributed by atoms with Crippen LogP contribution < -0.4 is 0 Å². The molecule has 0 unspecified atom stereocenters. The summed E-state index contributed by atoms with van der Waals surface area (Å²) in [6.07, 6.45) is 0. The van der Waals surface area contributed by atoms with E-state index >= 15 is 0 Å². The zero-order valence-corrected chi connectivity index (χ0v) is 64.4. The molecule has 0 amide bonds. The van der Waals surface area contributed by atoms with Crippen molar-refractivity contribution >= 4 is 64.6 Å². The molecule has 0 bridgehead atoms. The van der Waals surface area contributed by atoms with Gasteiger partial charge >= 0.3 is 0 Å². The topological polar surface area (TPSA) is 0 Å². The Morgan fingerprint density at radius 1 is 0.165 bits per heavy atom. The van der Waals surface area contributed by atoms with Gasteiger partial charge in [0.2, 0.25) is 0 Å². The molecule has 16 aromatic carbocycles. The summed E-state index contributed by atoms with van der Waals surface area (Å²) < 4.78 is 0. The highest BCUT2D eigenvalue weighted by Gasteiger charge is 2.35. The first kappa shape index (κ1) is 74.8. The monoisotopic (exact) mass is 1340 g/mol. The number of hydrogen-bond acceptors (Lipinski definition) is 0. The summed E-state index contributed by atoms with van der Waals surface area (Å²) in [5.74, 6) is 0. The SMILES string of the molecule is Cc1c(C)c2ccccc2c2ccccc12.Cc1c2ccccc2c(C)c2ccccc12.Cc1ccc(-c2ccc(C)cc2)cc1.Cc1ccc(C)c2ccccc12.Cc1ccc(C)cc1.Cc1ccc2c(c1)C(C)(C)c1cc(C)ccc1-2.Cc1cccc(C)c1.Cc1cccc2c(C)cccc12. The highest BCUT2D eigenvalue weighted by molar-refractivity contribution is 6.10. The highest BCUT2D eigenvalue weighted by Crippen LogP contribution is 2.49. The fourth-order valence-corrected chi connectivity index (χ4v) is 14.2. The molecule has 1 aliphatic carbocycles. The van der Waals surface area contributed by atoms with E-state index in [1.165, 1.54) is 187 Å². The van der Waals surface area contributed by atoms with E-state index in [0.29, 0.717) is 0 Å². The van der Waals surface area contributed by atoms with Crippen molar-refractivity contribution in [2.24, 2.45) is 0 Å². The summed E-state index contributed by atoms with van der Waals surface area (Å²) in [5, 5.41) is 16.5. The first-order valence-corrected chi connectivity index (χ1v) is 36.5. The van der Waals surface area contributed by atoms with Gasteiger partial charge in [0.1, 0.15) is 0 Å². The van der Waals surface area contributed by atoms with Crippen LogP contribution in [0, 0.1) is 111 Å². The van der Waals surface area contributed by atoms with E-state index in [0.717, 1.165) is 0 Å². The lowest BCUT2D eigenvalue weighted by Gasteiger charge is -2.22. The average Bonchev–Trinajstić information content (AvgIpc) is 1.63. The number of hydrogen-bond donors (Lipinski definition) is 0. The normalized spacial score (nSPS) is 11.3. The standard InChI is InChI=1S/C17H18.2C16H14.C14H14.2C12H12.2C8H10/c1-11-5-7-13-14-8-6-12(2)10-16(14)17(3,4)15(13)9-11;1-11-13-7-3-5-9-15(13)12(2)16-10-6-4-8-14(11)16;1-11-12(2)14-8-4-6-10-16(14)15-9-5-3-7-13(11)15;1-11-3-7-13(8-4-11)14-9-5-12(2)6-10-14;1-9-5-3-8-12-10(2)6-4-7-11(9)12;1-9-7-8-10(2)12-6-4-3-5-11(9)12;1-7-3-5-8(2)6-4-7;1-7-4-3-5-8(2)6-7/h5-10H,1-4H3;2*3-10H,1-2H3;3-10H,1-2H3;2*3-8H,1-2H3;2*3-6H,1-2H3. The maximum Gasteiger partial charge on any atom is 0.0159 e. The molecule has 17 rings (SSSR count). The molecule has 103 heavy (non-hydrogen) atoms. The summed E-state index contributed by atoms with van der Waals surface area (Å²) in [4.78, 5) is 0. The van der Waals surface area contributed by atoms with Crippen LogP contribution >= 0.6 is 0 Å². The molecule has 0 spiro atoms. The summed E-state index contributed by atoms with van der Waals surface area (Å²) in [5.41, 5.74) is 30.1. The van der Waals surface area contributed by atoms with Gasteiger partial charge in [-0.25, -0.2) is 0 Å². The molecule has 0 saturated carbocycles. The Kier molecular flexibility index (Phi) is 24.8. The first-order valence-electron chi connectivity index (χ1n) is 36.5. The van der Waals surface area contributed by atoms with Crippen LogP contribution in [-0.4, -0.2) is 0 Å². The van der Waals surface area contributed by atoms with Gasteiger partial charge in [0.15, 0.2) is 0 Å². The minimum absolute atomic E-state index is 0.142. The zero-order chi connectivity index (χ0) is 73.5. The molecule has 0 aliphatic heterocycles. The van der Waals surface area contributed by atoms with Crippen molar-refractivity contribution in [3.63, 3.8) is 0 Å². The molecule has 0 nitrogen and oxygen atoms in total. The quantitative estimate of drug-likeness (QED) is 0.114. The van der Waals surface area contributed by atoms with Crippen molar-refractivity contribution in [3.8, 4) is 22.3 Å². The Labute approximate surface area is 616 Å². The van der Waals surface area contributed by atoms with Gasteiger partial charge in [0.05, 0.1) is 0 Å². The molecule has 0 heterocycles. The Hall–Kier alpha value is -10.9. The van der Waals surface area contributed by atoms with E-state index in [1.54, 1.807) is 0 Å². The Morgan fingerprint density at radius 3 is 0.680 bits per heavy atom. The number of benzene rings is 16. The third kappa shape index (κ3) is 18.2. The second-order valence-electron chi connectivity index (χ2n) is 28.9. The van der Waals surface area contributed by atoms with Crippen molar-refractivity contribution in [3.05, 3.63) is 403 Å². The van der Waals surface area contributed by atoms with Gasteiger partial charge in [-0.05, 0) is 253 Å². The fraction of sp³-hybridized carbons (Fsp3) is 0.184. The second kappa shape index (κ2) is 34.2. The van der Waals surface area contributed by atoms with Crippen LogP contribution in [0.15, 0.2) is 303 Å². The maximum atomic E-state index is 2.34. The van der Waals surface area contributed by atoms with Crippen molar-refractivity contribution < 1.29 is 0 Å². The van der Waals surface area contributed by atoms with Crippen LogP contribution in [0.25, 0.3) is 86.9 Å². The van der Waals surface area contributed by atoms with Gasteiger partial charge in [-0.1, -0.05) is 362 Å². The predicted octanol–water partition coefficient (Wildman–Crippen LogP) is 29.3. The Bertz CT molecular complexity index is 5110. The molecule has 0 saturated heterocycles. The Balaban J connectivity index is 0.000000128. The lowest BCUT2D eigenvalue weighted by atomic mass is 9.81. The highest BCUT2D eigenvalue weighted by atomic mass is 14.4. The molecule has 0 radical (unpaired) electrons. The molecule has 516 valence electrons. The minimum Gasteiger partial charge on any atom is -0.0617 e. The van der Waals surface area contributed by atoms with E-state index in [4.69, 9.17) is 0 Å². The number of rotatable bonds is 1. The minimum atomic E-state index is 0.142. The van der Waals surface area contributed by atoms with E-state index < -0.39 is 0 Å². The van der Waals surface area contributed by atoms with Crippen LogP contribution in [-0.2, 0) is 5.41 Å². The molecule has 0 fully saturated rings. The van der Waals surface area contributed by atoms with Crippen LogP contribution in [0.3, 0.4) is 0 Å². The van der Waals surface area contributed by atoms with Crippen LogP contribution in [0.5, 0.6) is 0 Å². The van der Waals surface area contributed by atoms with E-state index in [9.17, 15) is 0 Å². The number of fused-ring (bicyclic) bond motifs is 10. The predicted molar refractivity (Wildman–Crippen MR) is 455 cm³/mol. The Morgan fingerprint density at radius 2 is 0.388 bits per heavy atom. The summed E-state index contributed by atoms with van der Waals surface area (Å²) in [6, 6.07) is 108.